The quantitative estimate of drug-likeness (QED) is 0.876. The number of carboxylic acid groups (broad SMARTS) is 1. The second-order valence-corrected chi connectivity index (χ2v) is 5.81. The Morgan fingerprint density at radius 1 is 1.36 bits per heavy atom. The standard InChI is InChI=1S/C15H15ClN2O3S/c1-2-18(8-7-13(19)20)15(21)12-9-22-14(17-12)10-5-3-4-6-11(10)16/h3-6,9H,2,7-8H2,1H3,(H,19,20). The molecule has 1 N–H and O–H groups in total. The largest absolute Gasteiger partial charge is 0.481 e. The lowest BCUT2D eigenvalue weighted by molar-refractivity contribution is -0.137. The number of halogens is 1. The molecule has 0 bridgehead atoms. The van der Waals surface area contributed by atoms with Crippen LogP contribution in [0.3, 0.4) is 0 Å². The summed E-state index contributed by atoms with van der Waals surface area (Å²) in [7, 11) is 0. The molecule has 0 aliphatic carbocycles. The fraction of sp³-hybridized carbons (Fsp3) is 0.267. The second-order valence-electron chi connectivity index (χ2n) is 4.55. The molecular weight excluding hydrogens is 324 g/mol. The van der Waals surface area contributed by atoms with Gasteiger partial charge in [0.05, 0.1) is 11.4 Å². The maximum absolute atomic E-state index is 12.4. The fourth-order valence-corrected chi connectivity index (χ4v) is 3.04. The Balaban J connectivity index is 2.18. The minimum Gasteiger partial charge on any atom is -0.481 e. The molecule has 1 heterocycles. The molecule has 1 amide bonds. The molecular formula is C15H15ClN2O3S. The second kappa shape index (κ2) is 7.38. The number of carboxylic acids is 1. The monoisotopic (exact) mass is 338 g/mol. The van der Waals surface area contributed by atoms with Crippen LogP contribution in [0.5, 0.6) is 0 Å². The van der Waals surface area contributed by atoms with Gasteiger partial charge in [-0.1, -0.05) is 29.8 Å². The number of aliphatic carboxylic acids is 1. The van der Waals surface area contributed by atoms with Gasteiger partial charge in [0, 0.05) is 24.0 Å². The topological polar surface area (TPSA) is 70.5 Å². The first kappa shape index (κ1) is 16.5. The zero-order chi connectivity index (χ0) is 16.1. The minimum absolute atomic E-state index is 0.0823. The Labute approximate surface area is 137 Å². The van der Waals surface area contributed by atoms with Crippen molar-refractivity contribution in [3.63, 3.8) is 0 Å². The Bertz CT molecular complexity index is 687. The van der Waals surface area contributed by atoms with Crippen LogP contribution in [0, 0.1) is 0 Å². The number of benzene rings is 1. The van der Waals surface area contributed by atoms with Crippen LogP contribution in [0.4, 0.5) is 0 Å². The summed E-state index contributed by atoms with van der Waals surface area (Å²) in [4.78, 5) is 28.8. The van der Waals surface area contributed by atoms with E-state index in [0.29, 0.717) is 22.3 Å². The maximum atomic E-state index is 12.4. The number of nitrogens with zero attached hydrogens (tertiary/aromatic N) is 2. The Hall–Kier alpha value is -1.92. The molecule has 0 saturated carbocycles. The van der Waals surface area contributed by atoms with Crippen LogP contribution in [-0.2, 0) is 4.79 Å². The molecule has 0 radical (unpaired) electrons. The van der Waals surface area contributed by atoms with E-state index in [-0.39, 0.29) is 18.9 Å². The van der Waals surface area contributed by atoms with E-state index >= 15 is 0 Å². The Morgan fingerprint density at radius 3 is 2.73 bits per heavy atom. The molecule has 0 saturated heterocycles. The molecule has 5 nitrogen and oxygen atoms in total. The third kappa shape index (κ3) is 3.84. The smallest absolute Gasteiger partial charge is 0.305 e. The van der Waals surface area contributed by atoms with Gasteiger partial charge >= 0.3 is 5.97 Å². The molecule has 1 aromatic carbocycles. The number of amides is 1. The molecule has 2 aromatic rings. The first-order valence-electron chi connectivity index (χ1n) is 6.74. The highest BCUT2D eigenvalue weighted by atomic mass is 35.5. The van der Waals surface area contributed by atoms with Crippen LogP contribution >= 0.6 is 22.9 Å². The van der Waals surface area contributed by atoms with E-state index in [1.807, 2.05) is 18.2 Å². The van der Waals surface area contributed by atoms with Gasteiger partial charge in [0.15, 0.2) is 0 Å². The SMILES string of the molecule is CCN(CCC(=O)O)C(=O)c1csc(-c2ccccc2Cl)n1. The van der Waals surface area contributed by atoms with Gasteiger partial charge in [-0.25, -0.2) is 4.98 Å². The molecule has 0 spiro atoms. The van der Waals surface area contributed by atoms with Crippen LogP contribution in [-0.4, -0.2) is 40.0 Å². The van der Waals surface area contributed by atoms with Gasteiger partial charge in [-0.15, -0.1) is 11.3 Å². The van der Waals surface area contributed by atoms with Crippen molar-refractivity contribution in [3.05, 3.63) is 40.4 Å². The van der Waals surface area contributed by atoms with Crippen LogP contribution < -0.4 is 0 Å². The molecule has 0 aliphatic heterocycles. The van der Waals surface area contributed by atoms with Crippen LogP contribution in [0.1, 0.15) is 23.8 Å². The van der Waals surface area contributed by atoms with Gasteiger partial charge in [-0.05, 0) is 13.0 Å². The lowest BCUT2D eigenvalue weighted by Gasteiger charge is -2.18. The summed E-state index contributed by atoms with van der Waals surface area (Å²) < 4.78 is 0. The fourth-order valence-electron chi connectivity index (χ4n) is 1.93. The van der Waals surface area contributed by atoms with E-state index in [4.69, 9.17) is 16.7 Å². The van der Waals surface area contributed by atoms with E-state index in [9.17, 15) is 9.59 Å². The molecule has 1 aromatic heterocycles. The van der Waals surface area contributed by atoms with Gasteiger partial charge in [-0.2, -0.15) is 0 Å². The minimum atomic E-state index is -0.929. The molecule has 22 heavy (non-hydrogen) atoms. The van der Waals surface area contributed by atoms with Crippen molar-refractivity contribution in [2.24, 2.45) is 0 Å². The van der Waals surface area contributed by atoms with E-state index in [0.717, 1.165) is 5.56 Å². The van der Waals surface area contributed by atoms with E-state index in [1.165, 1.54) is 16.2 Å². The third-order valence-corrected chi connectivity index (χ3v) is 4.30. The number of carbonyl (C=O) groups is 2. The summed E-state index contributed by atoms with van der Waals surface area (Å²) in [6.45, 7) is 2.41. The van der Waals surface area contributed by atoms with Crippen molar-refractivity contribution < 1.29 is 14.7 Å². The number of hydrogen-bond donors (Lipinski definition) is 1. The van der Waals surface area contributed by atoms with Crippen molar-refractivity contribution in [2.75, 3.05) is 13.1 Å². The number of rotatable bonds is 6. The van der Waals surface area contributed by atoms with E-state index < -0.39 is 5.97 Å². The normalized spacial score (nSPS) is 10.5. The van der Waals surface area contributed by atoms with Crippen molar-refractivity contribution >= 4 is 34.8 Å². The highest BCUT2D eigenvalue weighted by Gasteiger charge is 2.19. The summed E-state index contributed by atoms with van der Waals surface area (Å²) in [5, 5.41) is 11.6. The van der Waals surface area contributed by atoms with Crippen molar-refractivity contribution in [2.45, 2.75) is 13.3 Å². The summed E-state index contributed by atoms with van der Waals surface area (Å²) in [5.41, 5.74) is 1.09. The van der Waals surface area contributed by atoms with Crippen molar-refractivity contribution in [3.8, 4) is 10.6 Å². The first-order valence-corrected chi connectivity index (χ1v) is 8.00. The zero-order valence-electron chi connectivity index (χ0n) is 12.0. The van der Waals surface area contributed by atoms with Gasteiger partial charge in [0.2, 0.25) is 0 Å². The van der Waals surface area contributed by atoms with Crippen molar-refractivity contribution in [1.82, 2.24) is 9.88 Å². The first-order chi connectivity index (χ1) is 10.5. The van der Waals surface area contributed by atoms with Gasteiger partial charge in [0.25, 0.3) is 5.91 Å². The van der Waals surface area contributed by atoms with E-state index in [2.05, 4.69) is 4.98 Å². The third-order valence-electron chi connectivity index (χ3n) is 3.09. The lowest BCUT2D eigenvalue weighted by Crippen LogP contribution is -2.33. The molecule has 116 valence electrons. The van der Waals surface area contributed by atoms with Crippen LogP contribution in [0.15, 0.2) is 29.6 Å². The summed E-state index contributed by atoms with van der Waals surface area (Å²) in [5.74, 6) is -1.19. The number of thiazole rings is 1. The van der Waals surface area contributed by atoms with Crippen molar-refractivity contribution in [1.29, 1.82) is 0 Å². The average Bonchev–Trinajstić information content (AvgIpc) is 2.97. The van der Waals surface area contributed by atoms with Gasteiger partial charge in [0.1, 0.15) is 10.7 Å². The predicted molar refractivity (Wildman–Crippen MR) is 86.4 cm³/mol. The Morgan fingerprint density at radius 2 is 2.09 bits per heavy atom. The lowest BCUT2D eigenvalue weighted by atomic mass is 10.2. The Kier molecular flexibility index (Phi) is 5.51. The molecule has 0 unspecified atom stereocenters. The summed E-state index contributed by atoms with van der Waals surface area (Å²) >= 11 is 7.47. The highest BCUT2D eigenvalue weighted by Crippen LogP contribution is 2.30. The number of aromatic nitrogens is 1. The molecule has 0 fully saturated rings. The van der Waals surface area contributed by atoms with Gasteiger partial charge in [-0.3, -0.25) is 9.59 Å². The molecule has 2 rings (SSSR count). The van der Waals surface area contributed by atoms with Crippen LogP contribution in [0.2, 0.25) is 5.02 Å². The summed E-state index contributed by atoms with van der Waals surface area (Å²) in [6, 6.07) is 7.30. The zero-order valence-corrected chi connectivity index (χ0v) is 13.5. The predicted octanol–water partition coefficient (Wildman–Crippen LogP) is 3.40. The molecule has 0 atom stereocenters. The number of carbonyl (C=O) groups excluding carboxylic acids is 1. The van der Waals surface area contributed by atoms with E-state index in [1.54, 1.807) is 18.4 Å². The molecule has 0 aliphatic rings. The maximum Gasteiger partial charge on any atom is 0.305 e. The highest BCUT2D eigenvalue weighted by molar-refractivity contribution is 7.13. The van der Waals surface area contributed by atoms with Crippen LogP contribution in [0.25, 0.3) is 10.6 Å². The average molecular weight is 339 g/mol. The van der Waals surface area contributed by atoms with Gasteiger partial charge < -0.3 is 10.0 Å². The number of hydrogen-bond acceptors (Lipinski definition) is 4. The summed E-state index contributed by atoms with van der Waals surface area (Å²) in [6.07, 6.45) is -0.0823. The molecule has 7 heteroatoms.